The van der Waals surface area contributed by atoms with E-state index in [0.717, 1.165) is 5.56 Å². The van der Waals surface area contributed by atoms with E-state index < -0.39 is 5.97 Å². The first-order chi connectivity index (χ1) is 13.5. The van der Waals surface area contributed by atoms with E-state index in [1.54, 1.807) is 6.92 Å². The number of benzene rings is 1. The van der Waals surface area contributed by atoms with Crippen LogP contribution in [0.1, 0.15) is 33.3 Å². The predicted octanol–water partition coefficient (Wildman–Crippen LogP) is 4.51. The second-order valence-electron chi connectivity index (χ2n) is 6.30. The number of nitrogens with zero attached hydrogens (tertiary/aromatic N) is 2. The highest BCUT2D eigenvalue weighted by atomic mass is 35.5. The molecule has 1 amide bonds. The van der Waals surface area contributed by atoms with Gasteiger partial charge < -0.3 is 14.6 Å². The van der Waals surface area contributed by atoms with E-state index in [2.05, 4.69) is 10.3 Å². The molecule has 0 aliphatic heterocycles. The number of carbonyl (C=O) groups is 2. The molecule has 28 heavy (non-hydrogen) atoms. The molecule has 0 radical (unpaired) electrons. The number of esters is 1. The molecule has 3 aromatic rings. The third-order valence-electron chi connectivity index (χ3n) is 4.29. The SMILES string of the molecule is COC(=O)c1nc(NC(=O)C[C@H](Cn2cccc2)c2ccc(Cl)cc2)sc1C. The number of carbonyl (C=O) groups excluding carboxylic acids is 2. The molecule has 0 saturated carbocycles. The number of aromatic nitrogens is 2. The quantitative estimate of drug-likeness (QED) is 0.574. The van der Waals surface area contributed by atoms with Crippen molar-refractivity contribution in [1.82, 2.24) is 9.55 Å². The topological polar surface area (TPSA) is 73.2 Å². The van der Waals surface area contributed by atoms with Gasteiger partial charge in [-0.05, 0) is 36.8 Å². The summed E-state index contributed by atoms with van der Waals surface area (Å²) < 4.78 is 6.74. The van der Waals surface area contributed by atoms with Crippen molar-refractivity contribution in [2.75, 3.05) is 12.4 Å². The highest BCUT2D eigenvalue weighted by Gasteiger charge is 2.20. The summed E-state index contributed by atoms with van der Waals surface area (Å²) in [5, 5.41) is 3.84. The first-order valence-electron chi connectivity index (χ1n) is 8.68. The van der Waals surface area contributed by atoms with E-state index in [9.17, 15) is 9.59 Å². The van der Waals surface area contributed by atoms with Gasteiger partial charge in [-0.1, -0.05) is 23.7 Å². The molecular formula is C20H20ClN3O3S. The summed E-state index contributed by atoms with van der Waals surface area (Å²) in [6, 6.07) is 11.4. The van der Waals surface area contributed by atoms with Crippen LogP contribution in [0.3, 0.4) is 0 Å². The first kappa shape index (κ1) is 20.1. The highest BCUT2D eigenvalue weighted by molar-refractivity contribution is 7.16. The van der Waals surface area contributed by atoms with Crippen molar-refractivity contribution >= 4 is 39.9 Å². The predicted molar refractivity (Wildman–Crippen MR) is 110 cm³/mol. The van der Waals surface area contributed by atoms with Crippen molar-refractivity contribution in [3.8, 4) is 0 Å². The van der Waals surface area contributed by atoms with Gasteiger partial charge in [0.1, 0.15) is 0 Å². The fourth-order valence-corrected chi connectivity index (χ4v) is 3.84. The zero-order valence-corrected chi connectivity index (χ0v) is 17.1. The van der Waals surface area contributed by atoms with Crippen LogP contribution in [0.5, 0.6) is 0 Å². The summed E-state index contributed by atoms with van der Waals surface area (Å²) in [4.78, 5) is 29.2. The van der Waals surface area contributed by atoms with E-state index >= 15 is 0 Å². The number of ether oxygens (including phenoxy) is 1. The third-order valence-corrected chi connectivity index (χ3v) is 5.43. The number of rotatable bonds is 7. The number of amides is 1. The normalized spacial score (nSPS) is 11.8. The summed E-state index contributed by atoms with van der Waals surface area (Å²) in [7, 11) is 1.30. The Kier molecular flexibility index (Phi) is 6.49. The van der Waals surface area contributed by atoms with Crippen LogP contribution in [0, 0.1) is 6.92 Å². The molecule has 146 valence electrons. The van der Waals surface area contributed by atoms with Gasteiger partial charge in [-0.25, -0.2) is 9.78 Å². The minimum atomic E-state index is -0.513. The molecule has 1 N–H and O–H groups in total. The first-order valence-corrected chi connectivity index (χ1v) is 9.87. The fourth-order valence-electron chi connectivity index (χ4n) is 2.90. The average molecular weight is 418 g/mol. The van der Waals surface area contributed by atoms with Crippen LogP contribution in [-0.4, -0.2) is 28.5 Å². The van der Waals surface area contributed by atoms with Gasteiger partial charge in [0.25, 0.3) is 0 Å². The minimum absolute atomic E-state index is 0.0363. The molecule has 1 aromatic carbocycles. The largest absolute Gasteiger partial charge is 0.464 e. The van der Waals surface area contributed by atoms with Crippen LogP contribution in [0.15, 0.2) is 48.8 Å². The summed E-state index contributed by atoms with van der Waals surface area (Å²) in [6.45, 7) is 2.43. The van der Waals surface area contributed by atoms with Crippen LogP contribution in [0.2, 0.25) is 5.02 Å². The molecule has 8 heteroatoms. The van der Waals surface area contributed by atoms with Gasteiger partial charge in [0.2, 0.25) is 5.91 Å². The lowest BCUT2D eigenvalue weighted by atomic mass is 9.95. The summed E-state index contributed by atoms with van der Waals surface area (Å²) in [6.07, 6.45) is 4.20. The number of thiazole rings is 1. The van der Waals surface area contributed by atoms with Gasteiger partial charge in [0, 0.05) is 41.2 Å². The lowest BCUT2D eigenvalue weighted by Crippen LogP contribution is -2.18. The number of methoxy groups -OCH3 is 1. The molecule has 1 atom stereocenters. The maximum Gasteiger partial charge on any atom is 0.357 e. The highest BCUT2D eigenvalue weighted by Crippen LogP contribution is 2.26. The average Bonchev–Trinajstić information content (AvgIpc) is 3.30. The van der Waals surface area contributed by atoms with Crippen molar-refractivity contribution in [1.29, 1.82) is 0 Å². The Morgan fingerprint density at radius 1 is 1.25 bits per heavy atom. The summed E-state index contributed by atoms with van der Waals surface area (Å²) in [5.74, 6) is -0.719. The van der Waals surface area contributed by atoms with Gasteiger partial charge in [0.05, 0.1) is 7.11 Å². The molecule has 0 aliphatic rings. The number of nitrogens with one attached hydrogen (secondary N) is 1. The molecule has 3 rings (SSSR count). The molecule has 2 heterocycles. The number of hydrogen-bond acceptors (Lipinski definition) is 5. The van der Waals surface area contributed by atoms with Gasteiger partial charge in [-0.2, -0.15) is 0 Å². The molecule has 6 nitrogen and oxygen atoms in total. The van der Waals surface area contributed by atoms with E-state index in [-0.39, 0.29) is 23.9 Å². The lowest BCUT2D eigenvalue weighted by molar-refractivity contribution is -0.116. The van der Waals surface area contributed by atoms with E-state index in [1.807, 2.05) is 53.4 Å². The maximum absolute atomic E-state index is 12.7. The number of halogens is 1. The molecule has 0 aliphatic carbocycles. The van der Waals surface area contributed by atoms with Gasteiger partial charge in [-0.15, -0.1) is 11.3 Å². The molecule has 0 saturated heterocycles. The standard InChI is InChI=1S/C20H20ClN3O3S/c1-13-18(19(26)27-2)23-20(28-13)22-17(25)11-15(12-24-9-3-4-10-24)14-5-7-16(21)8-6-14/h3-10,15H,11-12H2,1-2H3,(H,22,23,25)/t15-/m1/s1. The lowest BCUT2D eigenvalue weighted by Gasteiger charge is -2.18. The van der Waals surface area contributed by atoms with Crippen LogP contribution < -0.4 is 5.32 Å². The Morgan fingerprint density at radius 3 is 2.57 bits per heavy atom. The van der Waals surface area contributed by atoms with Crippen LogP contribution in [-0.2, 0) is 16.1 Å². The smallest absolute Gasteiger partial charge is 0.357 e. The van der Waals surface area contributed by atoms with Gasteiger partial charge in [0.15, 0.2) is 10.8 Å². The van der Waals surface area contributed by atoms with Crippen molar-refractivity contribution in [3.05, 3.63) is 69.9 Å². The van der Waals surface area contributed by atoms with Crippen molar-refractivity contribution in [2.45, 2.75) is 25.8 Å². The van der Waals surface area contributed by atoms with Crippen LogP contribution in [0.4, 0.5) is 5.13 Å². The Bertz CT molecular complexity index is 952. The van der Waals surface area contributed by atoms with E-state index in [0.29, 0.717) is 21.6 Å². The van der Waals surface area contributed by atoms with E-state index in [4.69, 9.17) is 16.3 Å². The number of aryl methyl sites for hydroxylation is 1. The second-order valence-corrected chi connectivity index (χ2v) is 7.94. The Balaban J connectivity index is 1.73. The number of hydrogen-bond donors (Lipinski definition) is 1. The Labute approximate surface area is 172 Å². The Morgan fingerprint density at radius 2 is 1.93 bits per heavy atom. The summed E-state index contributed by atoms with van der Waals surface area (Å²) >= 11 is 7.25. The molecule has 0 spiro atoms. The Hall–Kier alpha value is -2.64. The van der Waals surface area contributed by atoms with Crippen LogP contribution >= 0.6 is 22.9 Å². The molecule has 2 aromatic heterocycles. The third kappa shape index (κ3) is 4.99. The van der Waals surface area contributed by atoms with Crippen molar-refractivity contribution in [3.63, 3.8) is 0 Å². The molecule has 0 bridgehead atoms. The number of anilines is 1. The van der Waals surface area contributed by atoms with Gasteiger partial charge >= 0.3 is 5.97 Å². The van der Waals surface area contributed by atoms with Crippen LogP contribution in [0.25, 0.3) is 0 Å². The molecular weight excluding hydrogens is 398 g/mol. The molecule has 0 fully saturated rings. The zero-order chi connectivity index (χ0) is 20.1. The maximum atomic E-state index is 12.7. The monoisotopic (exact) mass is 417 g/mol. The second kappa shape index (κ2) is 9.03. The zero-order valence-electron chi connectivity index (χ0n) is 15.5. The van der Waals surface area contributed by atoms with Gasteiger partial charge in [-0.3, -0.25) is 4.79 Å². The fraction of sp³-hybridized carbons (Fsp3) is 0.250. The van der Waals surface area contributed by atoms with Crippen molar-refractivity contribution < 1.29 is 14.3 Å². The molecule has 0 unspecified atom stereocenters. The van der Waals surface area contributed by atoms with Crippen molar-refractivity contribution in [2.24, 2.45) is 0 Å². The minimum Gasteiger partial charge on any atom is -0.464 e. The van der Waals surface area contributed by atoms with E-state index in [1.165, 1.54) is 18.4 Å². The summed E-state index contributed by atoms with van der Waals surface area (Å²) in [5.41, 5.74) is 1.25.